The van der Waals surface area contributed by atoms with Gasteiger partial charge in [0.2, 0.25) is 5.82 Å². The molecule has 46 heavy (non-hydrogen) atoms. The van der Waals surface area contributed by atoms with E-state index >= 15 is 0 Å². The fraction of sp³-hybridized carbons (Fsp3) is 0.812. The van der Waals surface area contributed by atoms with Crippen molar-refractivity contribution in [3.63, 3.8) is 0 Å². The molecule has 4 atom stereocenters. The van der Waals surface area contributed by atoms with Crippen molar-refractivity contribution in [3.8, 4) is 5.88 Å². The van der Waals surface area contributed by atoms with Crippen LogP contribution < -0.4 is 9.64 Å². The predicted molar refractivity (Wildman–Crippen MR) is 174 cm³/mol. The maximum absolute atomic E-state index is 14.1. The summed E-state index contributed by atoms with van der Waals surface area (Å²) in [5.41, 5.74) is -3.15. The number of ether oxygens (including phenoxy) is 5. The van der Waals surface area contributed by atoms with Crippen molar-refractivity contribution in [1.29, 1.82) is 0 Å². The molecule has 0 bridgehead atoms. The van der Waals surface area contributed by atoms with Crippen LogP contribution in [-0.2, 0) is 38.1 Å². The Hall–Kier alpha value is -2.68. The van der Waals surface area contributed by atoms with Crippen molar-refractivity contribution in [1.82, 2.24) is 13.6 Å². The van der Waals surface area contributed by atoms with E-state index in [0.717, 1.165) is 11.7 Å². The van der Waals surface area contributed by atoms with Crippen LogP contribution in [-0.4, -0.2) is 112 Å². The number of aromatic nitrogens is 2. The van der Waals surface area contributed by atoms with Crippen molar-refractivity contribution in [2.75, 3.05) is 44.4 Å². The van der Waals surface area contributed by atoms with Crippen LogP contribution in [0.2, 0.25) is 0 Å². The highest BCUT2D eigenvalue weighted by Crippen LogP contribution is 2.31. The number of anilines is 1. The van der Waals surface area contributed by atoms with Crippen LogP contribution in [0.15, 0.2) is 0 Å². The van der Waals surface area contributed by atoms with Gasteiger partial charge < -0.3 is 33.5 Å². The number of Topliss-reactive ketones (excluding diaryl/α,β-unsaturated/α-hetero) is 2. The molecule has 0 aromatic carbocycles. The number of carbonyl (C=O) groups excluding carboxylic acids is 4. The molecule has 0 saturated carbocycles. The fourth-order valence-electron chi connectivity index (χ4n) is 5.32. The number of morpholine rings is 1. The number of hydrogen-bond acceptors (Lipinski definition) is 13. The van der Waals surface area contributed by atoms with E-state index < -0.39 is 41.0 Å². The highest BCUT2D eigenvalue weighted by atomic mass is 32.1. The lowest BCUT2D eigenvalue weighted by molar-refractivity contribution is -0.183. The Bertz CT molecular complexity index is 1180. The lowest BCUT2D eigenvalue weighted by Crippen LogP contribution is -2.57. The molecule has 262 valence electrons. The van der Waals surface area contributed by atoms with Crippen molar-refractivity contribution in [3.05, 3.63) is 0 Å². The summed E-state index contributed by atoms with van der Waals surface area (Å²) >= 11 is 1.02. The minimum atomic E-state index is -1.32. The normalized spacial score (nSPS) is 17.4. The lowest BCUT2D eigenvalue weighted by atomic mass is 9.88. The number of ketones is 2. The van der Waals surface area contributed by atoms with E-state index in [1.54, 1.807) is 25.7 Å². The van der Waals surface area contributed by atoms with E-state index in [4.69, 9.17) is 23.7 Å². The maximum Gasteiger partial charge on any atom is 0.303 e. The first-order valence-corrected chi connectivity index (χ1v) is 16.8. The summed E-state index contributed by atoms with van der Waals surface area (Å²) in [6, 6.07) is 0. The molecule has 1 aliphatic rings. The van der Waals surface area contributed by atoms with Crippen LogP contribution in [0.4, 0.5) is 5.82 Å². The highest BCUT2D eigenvalue weighted by molar-refractivity contribution is 6.99. The van der Waals surface area contributed by atoms with Crippen molar-refractivity contribution in [2.45, 2.75) is 130 Å². The van der Waals surface area contributed by atoms with Crippen molar-refractivity contribution in [2.24, 2.45) is 0 Å². The van der Waals surface area contributed by atoms with Gasteiger partial charge >= 0.3 is 5.97 Å². The third-order valence-corrected chi connectivity index (χ3v) is 9.02. The van der Waals surface area contributed by atoms with Gasteiger partial charge in [0, 0.05) is 25.6 Å². The topological polar surface area (TPSA) is 147 Å². The van der Waals surface area contributed by atoms with Gasteiger partial charge in [-0.15, -0.1) is 4.37 Å². The summed E-state index contributed by atoms with van der Waals surface area (Å²) in [6.45, 7) is 21.1. The molecule has 0 spiro atoms. The summed E-state index contributed by atoms with van der Waals surface area (Å²) in [4.78, 5) is 55.9. The van der Waals surface area contributed by atoms with Crippen LogP contribution in [0.1, 0.15) is 95.4 Å². The van der Waals surface area contributed by atoms with Gasteiger partial charge in [0.25, 0.3) is 11.8 Å². The third kappa shape index (κ3) is 10.2. The second kappa shape index (κ2) is 16.9. The number of carbonyl (C=O) groups is 4. The molecule has 1 amide bonds. The zero-order valence-electron chi connectivity index (χ0n) is 29.5. The standard InChI is InChI=1S/C32H54N4O9S/c1-12-31(11,23(6)37)44-21(4)26(39)32(13-2,14-3)45-22(5)29(40)36(30(8,9)10)19-25(43-24(7)38)20-42-28-27(33-46-34-28)35-15-17-41-18-16-35/h21-22,25H,12-20H2,1-11H3/t21?,22?,25-,31?/m0/s1. The number of rotatable bonds is 18. The molecule has 1 aliphatic heterocycles. The monoisotopic (exact) mass is 670 g/mol. The van der Waals surface area contributed by atoms with Gasteiger partial charge in [-0.05, 0) is 67.7 Å². The molecule has 3 unspecified atom stereocenters. The molecule has 14 heteroatoms. The Morgan fingerprint density at radius 3 is 2.04 bits per heavy atom. The molecule has 1 aromatic heterocycles. The Kier molecular flexibility index (Phi) is 14.5. The van der Waals surface area contributed by atoms with Gasteiger partial charge in [0.15, 0.2) is 17.7 Å². The van der Waals surface area contributed by atoms with E-state index in [2.05, 4.69) is 8.75 Å². The molecule has 0 aliphatic carbocycles. The molecular weight excluding hydrogens is 616 g/mol. The molecule has 2 heterocycles. The SMILES string of the molecule is CCC(C)(OC(C)C(=O)C(CC)(CC)OC(C)C(=O)N(C[C@@H](COc1nsnc1N1CCOCC1)OC(C)=O)C(C)(C)C)C(C)=O. The van der Waals surface area contributed by atoms with E-state index in [-0.39, 0.29) is 30.6 Å². The third-order valence-electron chi connectivity index (χ3n) is 8.52. The molecule has 13 nitrogen and oxygen atoms in total. The second-order valence-corrected chi connectivity index (χ2v) is 13.4. The van der Waals surface area contributed by atoms with Gasteiger partial charge in [0.1, 0.15) is 30.0 Å². The molecular formula is C32H54N4O9S. The average Bonchev–Trinajstić information content (AvgIpc) is 3.48. The first-order chi connectivity index (χ1) is 21.4. The average molecular weight is 671 g/mol. The summed E-state index contributed by atoms with van der Waals surface area (Å²) in [5, 5.41) is 0. The summed E-state index contributed by atoms with van der Waals surface area (Å²) in [5.74, 6) is -0.494. The fourth-order valence-corrected chi connectivity index (χ4v) is 5.84. The van der Waals surface area contributed by atoms with E-state index in [9.17, 15) is 19.2 Å². The smallest absolute Gasteiger partial charge is 0.303 e. The quantitative estimate of drug-likeness (QED) is 0.208. The Morgan fingerprint density at radius 1 is 0.935 bits per heavy atom. The van der Waals surface area contributed by atoms with Crippen LogP contribution >= 0.6 is 11.7 Å². The molecule has 2 rings (SSSR count). The van der Waals surface area contributed by atoms with Gasteiger partial charge in [-0.1, -0.05) is 20.8 Å². The summed E-state index contributed by atoms with van der Waals surface area (Å²) < 4.78 is 38.1. The molecule has 0 N–H and O–H groups in total. The molecule has 1 saturated heterocycles. The molecule has 0 radical (unpaired) electrons. The van der Waals surface area contributed by atoms with Crippen LogP contribution in [0.3, 0.4) is 0 Å². The first-order valence-electron chi connectivity index (χ1n) is 16.1. The van der Waals surface area contributed by atoms with Gasteiger partial charge in [-0.2, -0.15) is 4.37 Å². The van der Waals surface area contributed by atoms with Crippen molar-refractivity contribution >= 4 is 41.0 Å². The Labute approximate surface area is 277 Å². The second-order valence-electron chi connectivity index (χ2n) is 12.9. The van der Waals surface area contributed by atoms with Gasteiger partial charge in [-0.3, -0.25) is 19.2 Å². The first kappa shape index (κ1) is 39.5. The largest absolute Gasteiger partial charge is 0.470 e. The van der Waals surface area contributed by atoms with E-state index in [1.807, 2.05) is 46.4 Å². The minimum absolute atomic E-state index is 0.00619. The molecule has 1 fully saturated rings. The van der Waals surface area contributed by atoms with Gasteiger partial charge in [0.05, 0.1) is 31.5 Å². The lowest BCUT2D eigenvalue weighted by Gasteiger charge is -2.41. The number of esters is 1. The maximum atomic E-state index is 14.1. The summed E-state index contributed by atoms with van der Waals surface area (Å²) in [7, 11) is 0. The number of nitrogens with zero attached hydrogens (tertiary/aromatic N) is 4. The van der Waals surface area contributed by atoms with E-state index in [1.165, 1.54) is 13.8 Å². The van der Waals surface area contributed by atoms with Crippen LogP contribution in [0, 0.1) is 0 Å². The van der Waals surface area contributed by atoms with E-state index in [0.29, 0.717) is 57.3 Å². The molecule has 1 aromatic rings. The highest BCUT2D eigenvalue weighted by Gasteiger charge is 2.45. The number of amides is 1. The number of hydrogen-bond donors (Lipinski definition) is 0. The van der Waals surface area contributed by atoms with Crippen molar-refractivity contribution < 1.29 is 42.9 Å². The van der Waals surface area contributed by atoms with Crippen LogP contribution in [0.5, 0.6) is 5.88 Å². The zero-order chi connectivity index (χ0) is 34.9. The predicted octanol–water partition coefficient (Wildman–Crippen LogP) is 4.01. The van der Waals surface area contributed by atoms with Gasteiger partial charge in [-0.25, -0.2) is 0 Å². The zero-order valence-corrected chi connectivity index (χ0v) is 30.3. The minimum Gasteiger partial charge on any atom is -0.470 e. The van der Waals surface area contributed by atoms with Crippen LogP contribution in [0.25, 0.3) is 0 Å². The Balaban J connectivity index is 2.26. The Morgan fingerprint density at radius 2 is 1.54 bits per heavy atom. The summed E-state index contributed by atoms with van der Waals surface area (Å²) in [6.07, 6.45) is -1.81.